The quantitative estimate of drug-likeness (QED) is 0.776. The Morgan fingerprint density at radius 3 is 2.86 bits per heavy atom. The van der Waals surface area contributed by atoms with Crippen LogP contribution in [-0.4, -0.2) is 62.2 Å². The fourth-order valence-electron chi connectivity index (χ4n) is 3.71. The number of benzene rings is 1. The van der Waals surface area contributed by atoms with Crippen molar-refractivity contribution < 1.29 is 23.9 Å². The highest BCUT2D eigenvalue weighted by Gasteiger charge is 2.34. The summed E-state index contributed by atoms with van der Waals surface area (Å²) in [5.74, 6) is 0.107. The number of likely N-dealkylation sites (tertiary alicyclic amines) is 1. The number of urea groups is 1. The van der Waals surface area contributed by atoms with Crippen molar-refractivity contribution in [1.29, 1.82) is 0 Å². The van der Waals surface area contributed by atoms with E-state index in [1.807, 2.05) is 18.2 Å². The number of amides is 3. The van der Waals surface area contributed by atoms with Crippen molar-refractivity contribution in [3.8, 4) is 5.75 Å². The van der Waals surface area contributed by atoms with Crippen LogP contribution in [0.3, 0.4) is 0 Å². The van der Waals surface area contributed by atoms with E-state index in [0.717, 1.165) is 18.5 Å². The van der Waals surface area contributed by atoms with Crippen LogP contribution in [0.4, 0.5) is 10.5 Å². The minimum atomic E-state index is -0.280. The molecule has 1 aromatic rings. The van der Waals surface area contributed by atoms with Crippen LogP contribution in [0, 0.1) is 5.92 Å². The van der Waals surface area contributed by atoms with E-state index < -0.39 is 0 Å². The maximum atomic E-state index is 12.6. The summed E-state index contributed by atoms with van der Waals surface area (Å²) in [6, 6.07) is 6.79. The van der Waals surface area contributed by atoms with E-state index in [0.29, 0.717) is 32.0 Å². The van der Waals surface area contributed by atoms with Crippen molar-refractivity contribution in [3.63, 3.8) is 0 Å². The number of carbonyl (C=O) groups is 3. The molecule has 3 rings (SSSR count). The Morgan fingerprint density at radius 1 is 1.29 bits per heavy atom. The number of hydrogen-bond donors (Lipinski definition) is 1. The third-order valence-electron chi connectivity index (χ3n) is 5.15. The molecule has 1 N–H and O–H groups in total. The molecule has 2 fully saturated rings. The standard InChI is InChI=1S/C20H27N3O5/c1-3-28-19(25)14-6-5-9-22(12-14)20(26)21-15-10-18(24)23(13-15)16-7-4-8-17(11-16)27-2/h4,7-8,11,14-15H,3,5-6,9-10,12-13H2,1-2H3,(H,21,26)/t14-,15+/m0/s1. The second-order valence-electron chi connectivity index (χ2n) is 7.09. The molecule has 0 radical (unpaired) electrons. The number of anilines is 1. The van der Waals surface area contributed by atoms with E-state index in [-0.39, 0.29) is 36.3 Å². The first-order valence-electron chi connectivity index (χ1n) is 9.68. The topological polar surface area (TPSA) is 88.2 Å². The lowest BCUT2D eigenvalue weighted by atomic mass is 9.98. The minimum Gasteiger partial charge on any atom is -0.497 e. The summed E-state index contributed by atoms with van der Waals surface area (Å²) in [5, 5.41) is 2.94. The molecule has 8 heteroatoms. The Kier molecular flexibility index (Phi) is 6.38. The Labute approximate surface area is 164 Å². The maximum absolute atomic E-state index is 12.6. The molecule has 2 atom stereocenters. The van der Waals surface area contributed by atoms with Crippen molar-refractivity contribution in [2.75, 3.05) is 38.3 Å². The van der Waals surface area contributed by atoms with E-state index in [9.17, 15) is 14.4 Å². The molecular formula is C20H27N3O5. The summed E-state index contributed by atoms with van der Waals surface area (Å²) in [6.07, 6.45) is 1.74. The summed E-state index contributed by atoms with van der Waals surface area (Å²) in [5.41, 5.74) is 0.751. The largest absolute Gasteiger partial charge is 0.497 e. The number of rotatable bonds is 5. The summed E-state index contributed by atoms with van der Waals surface area (Å²) in [7, 11) is 1.58. The first-order chi connectivity index (χ1) is 13.5. The van der Waals surface area contributed by atoms with Gasteiger partial charge >= 0.3 is 12.0 Å². The molecule has 2 saturated heterocycles. The van der Waals surface area contributed by atoms with E-state index in [4.69, 9.17) is 9.47 Å². The van der Waals surface area contributed by atoms with Gasteiger partial charge in [0.1, 0.15) is 5.75 Å². The van der Waals surface area contributed by atoms with Crippen LogP contribution in [0.5, 0.6) is 5.75 Å². The predicted molar refractivity (Wildman–Crippen MR) is 103 cm³/mol. The number of hydrogen-bond acceptors (Lipinski definition) is 5. The first kappa shape index (κ1) is 20.0. The van der Waals surface area contributed by atoms with Gasteiger partial charge in [0.15, 0.2) is 0 Å². The summed E-state index contributed by atoms with van der Waals surface area (Å²) < 4.78 is 10.3. The molecule has 0 unspecified atom stereocenters. The molecule has 28 heavy (non-hydrogen) atoms. The Morgan fingerprint density at radius 2 is 2.11 bits per heavy atom. The highest BCUT2D eigenvalue weighted by Crippen LogP contribution is 2.26. The van der Waals surface area contributed by atoms with Gasteiger partial charge < -0.3 is 24.6 Å². The highest BCUT2D eigenvalue weighted by molar-refractivity contribution is 5.97. The van der Waals surface area contributed by atoms with Gasteiger partial charge in [0.2, 0.25) is 5.91 Å². The lowest BCUT2D eigenvalue weighted by molar-refractivity contribution is -0.149. The molecule has 0 saturated carbocycles. The molecule has 2 heterocycles. The van der Waals surface area contributed by atoms with Crippen molar-refractivity contribution in [1.82, 2.24) is 10.2 Å². The van der Waals surface area contributed by atoms with Crippen molar-refractivity contribution >= 4 is 23.6 Å². The van der Waals surface area contributed by atoms with Gasteiger partial charge in [-0.1, -0.05) is 6.07 Å². The van der Waals surface area contributed by atoms with Gasteiger partial charge in [-0.3, -0.25) is 9.59 Å². The SMILES string of the molecule is CCOC(=O)[C@H]1CCCN(C(=O)N[C@@H]2CC(=O)N(c3cccc(OC)c3)C2)C1. The molecule has 2 aliphatic rings. The number of nitrogens with one attached hydrogen (secondary N) is 1. The monoisotopic (exact) mass is 389 g/mol. The van der Waals surface area contributed by atoms with E-state index in [2.05, 4.69) is 5.32 Å². The Hall–Kier alpha value is -2.77. The smallest absolute Gasteiger partial charge is 0.317 e. The third kappa shape index (κ3) is 4.55. The van der Waals surface area contributed by atoms with Crippen LogP contribution in [0.15, 0.2) is 24.3 Å². The van der Waals surface area contributed by atoms with Gasteiger partial charge in [-0.2, -0.15) is 0 Å². The van der Waals surface area contributed by atoms with Gasteiger partial charge in [-0.25, -0.2) is 4.79 Å². The molecular weight excluding hydrogens is 362 g/mol. The number of methoxy groups -OCH3 is 1. The van der Waals surface area contributed by atoms with Crippen LogP contribution in [-0.2, 0) is 14.3 Å². The summed E-state index contributed by atoms with van der Waals surface area (Å²) >= 11 is 0. The zero-order valence-electron chi connectivity index (χ0n) is 16.3. The van der Waals surface area contributed by atoms with Gasteiger partial charge in [0, 0.05) is 37.8 Å². The van der Waals surface area contributed by atoms with E-state index >= 15 is 0 Å². The van der Waals surface area contributed by atoms with Crippen LogP contribution in [0.2, 0.25) is 0 Å². The fourth-order valence-corrected chi connectivity index (χ4v) is 3.71. The normalized spacial score (nSPS) is 22.1. The van der Waals surface area contributed by atoms with Crippen LogP contribution >= 0.6 is 0 Å². The van der Waals surface area contributed by atoms with E-state index in [1.165, 1.54) is 0 Å². The van der Waals surface area contributed by atoms with Gasteiger partial charge in [-0.05, 0) is 31.9 Å². The van der Waals surface area contributed by atoms with Crippen LogP contribution in [0.1, 0.15) is 26.2 Å². The minimum absolute atomic E-state index is 0.0402. The summed E-state index contributed by atoms with van der Waals surface area (Å²) in [4.78, 5) is 40.3. The Balaban J connectivity index is 1.57. The first-order valence-corrected chi connectivity index (χ1v) is 9.68. The molecule has 152 valence electrons. The number of nitrogens with zero attached hydrogens (tertiary/aromatic N) is 2. The number of carbonyl (C=O) groups excluding carboxylic acids is 3. The zero-order chi connectivity index (χ0) is 20.1. The predicted octanol–water partition coefficient (Wildman–Crippen LogP) is 1.79. The fraction of sp³-hybridized carbons (Fsp3) is 0.550. The maximum Gasteiger partial charge on any atom is 0.317 e. The van der Waals surface area contributed by atoms with Crippen LogP contribution in [0.25, 0.3) is 0 Å². The molecule has 2 aliphatic heterocycles. The van der Waals surface area contributed by atoms with Gasteiger partial charge in [0.05, 0.1) is 25.7 Å². The summed E-state index contributed by atoms with van der Waals surface area (Å²) in [6.45, 7) is 3.47. The molecule has 0 spiro atoms. The second-order valence-corrected chi connectivity index (χ2v) is 7.09. The van der Waals surface area contributed by atoms with Crippen molar-refractivity contribution in [3.05, 3.63) is 24.3 Å². The Bertz CT molecular complexity index is 738. The highest BCUT2D eigenvalue weighted by atomic mass is 16.5. The molecule has 1 aromatic carbocycles. The van der Waals surface area contributed by atoms with Crippen LogP contribution < -0.4 is 15.0 Å². The molecule has 0 aliphatic carbocycles. The van der Waals surface area contributed by atoms with Gasteiger partial charge in [0.25, 0.3) is 0 Å². The average molecular weight is 389 g/mol. The average Bonchev–Trinajstić information content (AvgIpc) is 3.08. The van der Waals surface area contributed by atoms with Gasteiger partial charge in [-0.15, -0.1) is 0 Å². The molecule has 8 nitrogen and oxygen atoms in total. The second kappa shape index (κ2) is 8.95. The molecule has 0 aromatic heterocycles. The van der Waals surface area contributed by atoms with Crippen molar-refractivity contribution in [2.45, 2.75) is 32.2 Å². The number of piperidine rings is 1. The van der Waals surface area contributed by atoms with E-state index in [1.54, 1.807) is 29.9 Å². The zero-order valence-corrected chi connectivity index (χ0v) is 16.3. The third-order valence-corrected chi connectivity index (χ3v) is 5.15. The molecule has 3 amide bonds. The lowest BCUT2D eigenvalue weighted by Gasteiger charge is -2.32. The number of esters is 1. The lowest BCUT2D eigenvalue weighted by Crippen LogP contribution is -2.50. The molecule has 0 bridgehead atoms. The number of ether oxygens (including phenoxy) is 2. The van der Waals surface area contributed by atoms with Crippen molar-refractivity contribution in [2.24, 2.45) is 5.92 Å².